The van der Waals surface area contributed by atoms with Crippen molar-refractivity contribution in [2.75, 3.05) is 29.8 Å². The number of halogens is 1. The summed E-state index contributed by atoms with van der Waals surface area (Å²) in [6, 6.07) is 2.60. The summed E-state index contributed by atoms with van der Waals surface area (Å²) in [6.07, 6.45) is 2.28. The predicted molar refractivity (Wildman–Crippen MR) is 130 cm³/mol. The Morgan fingerprint density at radius 3 is 2.68 bits per heavy atom. The number of aromatic hydroxyl groups is 1. The number of nitrogens with one attached hydrogen (secondary N) is 2. The van der Waals surface area contributed by atoms with Crippen LogP contribution >= 0.6 is 0 Å². The fourth-order valence-electron chi connectivity index (χ4n) is 4.45. The molecule has 3 heterocycles. The van der Waals surface area contributed by atoms with Crippen LogP contribution in [0.15, 0.2) is 23.0 Å². The summed E-state index contributed by atoms with van der Waals surface area (Å²) in [5.74, 6) is -2.52. The van der Waals surface area contributed by atoms with E-state index in [1.807, 2.05) is 5.32 Å². The highest BCUT2D eigenvalue weighted by Crippen LogP contribution is 2.28. The summed E-state index contributed by atoms with van der Waals surface area (Å²) in [4.78, 5) is 41.9. The third-order valence-electron chi connectivity index (χ3n) is 6.43. The van der Waals surface area contributed by atoms with E-state index in [2.05, 4.69) is 10.3 Å². The molecule has 200 valence electrons. The maximum Gasteiger partial charge on any atom is 0.322 e. The van der Waals surface area contributed by atoms with Gasteiger partial charge in [0.25, 0.3) is 11.5 Å². The largest absolute Gasteiger partial charge is 0.501 e. The van der Waals surface area contributed by atoms with E-state index in [4.69, 9.17) is 4.74 Å². The number of urea groups is 1. The highest BCUT2D eigenvalue weighted by atomic mass is 32.2. The van der Waals surface area contributed by atoms with Crippen LogP contribution in [0.3, 0.4) is 0 Å². The Labute approximate surface area is 212 Å². The number of carbonyl (C=O) groups excluding carboxylic acids is 2. The Bertz CT molecular complexity index is 1370. The standard InChI is InChI=1S/C23H28FN5O7S/c1-28-20(14-6-9-36-10-7-14)26-18(19(30)22(28)32)21(31)27-23(33)25-13-15-4-5-16(24)12-17(15)29-8-2-3-11-37(29,34)35/h4-5,12,14,30H,2-3,6-11,13H2,1H3,(H2,25,27,31,33). The second-order valence-corrected chi connectivity index (χ2v) is 10.9. The molecule has 3 N–H and O–H groups in total. The predicted octanol–water partition coefficient (Wildman–Crippen LogP) is 1.09. The molecule has 1 aromatic carbocycles. The number of amides is 3. The van der Waals surface area contributed by atoms with Crippen LogP contribution < -0.4 is 20.5 Å². The van der Waals surface area contributed by atoms with Gasteiger partial charge in [-0.15, -0.1) is 0 Å². The molecule has 2 aliphatic heterocycles. The fourth-order valence-corrected chi connectivity index (χ4v) is 6.11. The minimum Gasteiger partial charge on any atom is -0.501 e. The average molecular weight is 538 g/mol. The minimum atomic E-state index is -3.63. The Morgan fingerprint density at radius 2 is 1.97 bits per heavy atom. The molecule has 37 heavy (non-hydrogen) atoms. The van der Waals surface area contributed by atoms with Crippen LogP contribution in [0.1, 0.15) is 53.5 Å². The van der Waals surface area contributed by atoms with Gasteiger partial charge in [-0.1, -0.05) is 6.07 Å². The first-order valence-electron chi connectivity index (χ1n) is 11.8. The molecule has 12 nitrogen and oxygen atoms in total. The zero-order valence-electron chi connectivity index (χ0n) is 20.2. The van der Waals surface area contributed by atoms with Crippen LogP contribution in [0.2, 0.25) is 0 Å². The molecule has 2 saturated heterocycles. The summed E-state index contributed by atoms with van der Waals surface area (Å²) in [5, 5.41) is 14.7. The van der Waals surface area contributed by atoms with Gasteiger partial charge in [0.2, 0.25) is 15.8 Å². The highest BCUT2D eigenvalue weighted by molar-refractivity contribution is 7.92. The minimum absolute atomic E-state index is 0.0612. The SMILES string of the molecule is Cn1c(C2CCOCC2)nc(C(=O)NC(=O)NCc2ccc(F)cc2N2CCCCS2(=O)=O)c(O)c1=O. The van der Waals surface area contributed by atoms with E-state index < -0.39 is 44.8 Å². The molecule has 4 rings (SSSR count). The van der Waals surface area contributed by atoms with Gasteiger partial charge in [-0.25, -0.2) is 22.6 Å². The van der Waals surface area contributed by atoms with Crippen molar-refractivity contribution < 1.29 is 32.2 Å². The third kappa shape index (κ3) is 5.74. The topological polar surface area (TPSA) is 160 Å². The smallest absolute Gasteiger partial charge is 0.322 e. The molecule has 1 aromatic heterocycles. The molecule has 0 unspecified atom stereocenters. The van der Waals surface area contributed by atoms with E-state index in [1.54, 1.807) is 0 Å². The van der Waals surface area contributed by atoms with Crippen molar-refractivity contribution in [1.82, 2.24) is 20.2 Å². The van der Waals surface area contributed by atoms with Crippen LogP contribution in [0, 0.1) is 5.82 Å². The summed E-state index contributed by atoms with van der Waals surface area (Å²) in [6.45, 7) is 0.905. The van der Waals surface area contributed by atoms with Gasteiger partial charge in [0.05, 0.1) is 11.4 Å². The van der Waals surface area contributed by atoms with E-state index in [1.165, 1.54) is 17.7 Å². The number of anilines is 1. The molecule has 0 bridgehead atoms. The number of carbonyl (C=O) groups is 2. The molecule has 0 aliphatic carbocycles. The van der Waals surface area contributed by atoms with Gasteiger partial charge in [-0.05, 0) is 43.4 Å². The van der Waals surface area contributed by atoms with Gasteiger partial charge in [0.15, 0.2) is 5.69 Å². The van der Waals surface area contributed by atoms with Crippen molar-refractivity contribution in [2.24, 2.45) is 7.05 Å². The monoisotopic (exact) mass is 537 g/mol. The highest BCUT2D eigenvalue weighted by Gasteiger charge is 2.29. The fraction of sp³-hybridized carbons (Fsp3) is 0.478. The Balaban J connectivity index is 1.49. The van der Waals surface area contributed by atoms with Crippen molar-refractivity contribution in [3.05, 3.63) is 51.5 Å². The van der Waals surface area contributed by atoms with Gasteiger partial charge in [0, 0.05) is 39.3 Å². The van der Waals surface area contributed by atoms with Crippen molar-refractivity contribution >= 4 is 27.6 Å². The maximum absolute atomic E-state index is 13.9. The van der Waals surface area contributed by atoms with E-state index in [0.29, 0.717) is 50.3 Å². The molecular formula is C23H28FN5O7S. The molecule has 2 aromatic rings. The van der Waals surface area contributed by atoms with Gasteiger partial charge in [-0.3, -0.25) is 23.8 Å². The van der Waals surface area contributed by atoms with Crippen molar-refractivity contribution in [3.63, 3.8) is 0 Å². The lowest BCUT2D eigenvalue weighted by Crippen LogP contribution is -2.41. The number of benzene rings is 1. The molecule has 3 amide bonds. The maximum atomic E-state index is 13.9. The second-order valence-electron chi connectivity index (χ2n) is 8.92. The number of rotatable bonds is 5. The van der Waals surface area contributed by atoms with Gasteiger partial charge < -0.3 is 15.2 Å². The number of hydrogen-bond acceptors (Lipinski definition) is 8. The molecule has 0 atom stereocenters. The number of nitrogens with zero attached hydrogens (tertiary/aromatic N) is 3. The molecular weight excluding hydrogens is 509 g/mol. The van der Waals surface area contributed by atoms with Crippen LogP contribution in [-0.4, -0.2) is 60.5 Å². The lowest BCUT2D eigenvalue weighted by atomic mass is 9.99. The molecule has 0 radical (unpaired) electrons. The first-order chi connectivity index (χ1) is 17.6. The summed E-state index contributed by atoms with van der Waals surface area (Å²) < 4.78 is 46.6. The normalized spacial score (nSPS) is 17.8. The van der Waals surface area contributed by atoms with Crippen LogP contribution in [0.5, 0.6) is 5.75 Å². The Kier molecular flexibility index (Phi) is 7.78. The van der Waals surface area contributed by atoms with Crippen LogP contribution in [-0.2, 0) is 28.4 Å². The summed E-state index contributed by atoms with van der Waals surface area (Å²) in [5.41, 5.74) is -0.966. The van der Waals surface area contributed by atoms with Gasteiger partial charge in [0.1, 0.15) is 11.6 Å². The zero-order chi connectivity index (χ0) is 26.7. The molecule has 14 heteroatoms. The number of hydrogen-bond donors (Lipinski definition) is 3. The first-order valence-corrected chi connectivity index (χ1v) is 13.4. The average Bonchev–Trinajstić information content (AvgIpc) is 2.87. The number of imide groups is 1. The Hall–Kier alpha value is -3.52. The molecule has 0 saturated carbocycles. The van der Waals surface area contributed by atoms with Crippen molar-refractivity contribution in [3.8, 4) is 5.75 Å². The summed E-state index contributed by atoms with van der Waals surface area (Å²) in [7, 11) is -2.19. The number of aromatic nitrogens is 2. The van der Waals surface area contributed by atoms with Crippen molar-refractivity contribution in [1.29, 1.82) is 0 Å². The van der Waals surface area contributed by atoms with E-state index in [-0.39, 0.29) is 30.4 Å². The van der Waals surface area contributed by atoms with Gasteiger partial charge >= 0.3 is 6.03 Å². The van der Waals surface area contributed by atoms with Crippen LogP contribution in [0.25, 0.3) is 0 Å². The third-order valence-corrected chi connectivity index (χ3v) is 8.29. The van der Waals surface area contributed by atoms with E-state index >= 15 is 0 Å². The van der Waals surface area contributed by atoms with E-state index in [9.17, 15) is 32.3 Å². The zero-order valence-corrected chi connectivity index (χ0v) is 21.0. The first kappa shape index (κ1) is 26.5. The van der Waals surface area contributed by atoms with Crippen molar-refractivity contribution in [2.45, 2.75) is 38.1 Å². The quantitative estimate of drug-likeness (QED) is 0.511. The summed E-state index contributed by atoms with van der Waals surface area (Å²) >= 11 is 0. The van der Waals surface area contributed by atoms with Gasteiger partial charge in [-0.2, -0.15) is 0 Å². The number of ether oxygens (including phenoxy) is 1. The molecule has 2 fully saturated rings. The van der Waals surface area contributed by atoms with E-state index in [0.717, 1.165) is 16.4 Å². The van der Waals surface area contributed by atoms with Crippen LogP contribution in [0.4, 0.5) is 14.9 Å². The second kappa shape index (κ2) is 10.8. The lowest BCUT2D eigenvalue weighted by molar-refractivity contribution is 0.0824. The molecule has 2 aliphatic rings. The lowest BCUT2D eigenvalue weighted by Gasteiger charge is -2.30. The molecule has 0 spiro atoms. The number of sulfonamides is 1. The Morgan fingerprint density at radius 1 is 1.24 bits per heavy atom.